The summed E-state index contributed by atoms with van der Waals surface area (Å²) in [5, 5.41) is 0. The number of nitrogens with zero attached hydrogens (tertiary/aromatic N) is 2. The van der Waals surface area contributed by atoms with Crippen molar-refractivity contribution in [3.8, 4) is 0 Å². The zero-order valence-electron chi connectivity index (χ0n) is 14.5. The molecule has 1 aromatic carbocycles. The summed E-state index contributed by atoms with van der Waals surface area (Å²) in [6.45, 7) is 12.4. The lowest BCUT2D eigenvalue weighted by Gasteiger charge is -2.39. The first-order chi connectivity index (χ1) is 10.3. The van der Waals surface area contributed by atoms with Crippen LogP contribution in [0.4, 0.5) is 0 Å². The zero-order valence-corrected chi connectivity index (χ0v) is 14.5. The van der Waals surface area contributed by atoms with Crippen LogP contribution in [-0.4, -0.2) is 47.9 Å². The molecule has 122 valence electrons. The standard InChI is InChI=1S/C19H30N2O/c1-16(14-17-8-6-5-7-9-17)20-10-12-21(13-11-20)18(22)15-19(2,3)4/h5-9,16H,10-15H2,1-4H3. The molecule has 0 spiro atoms. The van der Waals surface area contributed by atoms with Crippen LogP contribution in [0.25, 0.3) is 0 Å². The maximum absolute atomic E-state index is 12.3. The molecule has 3 heteroatoms. The van der Waals surface area contributed by atoms with E-state index in [2.05, 4.69) is 62.9 Å². The fourth-order valence-corrected chi connectivity index (χ4v) is 3.06. The Labute approximate surface area is 135 Å². The van der Waals surface area contributed by atoms with E-state index < -0.39 is 0 Å². The molecule has 1 aromatic rings. The summed E-state index contributed by atoms with van der Waals surface area (Å²) in [6.07, 6.45) is 1.73. The quantitative estimate of drug-likeness (QED) is 0.853. The second-order valence-corrected chi connectivity index (χ2v) is 7.69. The highest BCUT2D eigenvalue weighted by Crippen LogP contribution is 2.21. The molecule has 0 aliphatic carbocycles. The Kier molecular flexibility index (Phi) is 5.63. The summed E-state index contributed by atoms with van der Waals surface area (Å²) in [6, 6.07) is 11.2. The number of hydrogen-bond donors (Lipinski definition) is 0. The van der Waals surface area contributed by atoms with Gasteiger partial charge in [0, 0.05) is 38.6 Å². The molecule has 0 N–H and O–H groups in total. The SMILES string of the molecule is CC(Cc1ccccc1)N1CCN(C(=O)CC(C)(C)C)CC1. The van der Waals surface area contributed by atoms with E-state index in [9.17, 15) is 4.79 Å². The van der Waals surface area contributed by atoms with Crippen molar-refractivity contribution < 1.29 is 4.79 Å². The summed E-state index contributed by atoms with van der Waals surface area (Å²) in [4.78, 5) is 16.8. The number of rotatable bonds is 4. The van der Waals surface area contributed by atoms with Gasteiger partial charge in [0.1, 0.15) is 0 Å². The van der Waals surface area contributed by atoms with Gasteiger partial charge in [0.15, 0.2) is 0 Å². The molecule has 22 heavy (non-hydrogen) atoms. The first-order valence-corrected chi connectivity index (χ1v) is 8.41. The van der Waals surface area contributed by atoms with E-state index in [1.54, 1.807) is 0 Å². The molecule has 1 heterocycles. The highest BCUT2D eigenvalue weighted by molar-refractivity contribution is 5.76. The molecule has 1 fully saturated rings. The molecule has 1 unspecified atom stereocenters. The van der Waals surface area contributed by atoms with Gasteiger partial charge >= 0.3 is 0 Å². The number of hydrogen-bond acceptors (Lipinski definition) is 2. The van der Waals surface area contributed by atoms with Crippen LogP contribution in [-0.2, 0) is 11.2 Å². The van der Waals surface area contributed by atoms with Crippen LogP contribution >= 0.6 is 0 Å². The van der Waals surface area contributed by atoms with Gasteiger partial charge in [-0.15, -0.1) is 0 Å². The number of piperazine rings is 1. The molecule has 1 atom stereocenters. The maximum Gasteiger partial charge on any atom is 0.223 e. The Bertz CT molecular complexity index is 470. The zero-order chi connectivity index (χ0) is 16.2. The Morgan fingerprint density at radius 2 is 1.68 bits per heavy atom. The lowest BCUT2D eigenvalue weighted by Crippen LogP contribution is -2.52. The van der Waals surface area contributed by atoms with E-state index in [0.29, 0.717) is 18.4 Å². The van der Waals surface area contributed by atoms with E-state index in [-0.39, 0.29) is 5.41 Å². The highest BCUT2D eigenvalue weighted by atomic mass is 16.2. The van der Waals surface area contributed by atoms with Crippen molar-refractivity contribution in [1.82, 2.24) is 9.80 Å². The molecule has 0 bridgehead atoms. The fourth-order valence-electron chi connectivity index (χ4n) is 3.06. The van der Waals surface area contributed by atoms with Gasteiger partial charge in [0.05, 0.1) is 0 Å². The van der Waals surface area contributed by atoms with E-state index in [1.165, 1.54) is 5.56 Å². The lowest BCUT2D eigenvalue weighted by atomic mass is 9.91. The number of benzene rings is 1. The number of carbonyl (C=O) groups is 1. The normalized spacial score (nSPS) is 18.3. The predicted octanol–water partition coefficient (Wildman–Crippen LogP) is 3.20. The molecule has 1 amide bonds. The van der Waals surface area contributed by atoms with Crippen molar-refractivity contribution in [2.45, 2.75) is 46.6 Å². The highest BCUT2D eigenvalue weighted by Gasteiger charge is 2.26. The molecule has 0 aromatic heterocycles. The van der Waals surface area contributed by atoms with Gasteiger partial charge < -0.3 is 4.90 Å². The van der Waals surface area contributed by atoms with Crippen molar-refractivity contribution in [2.24, 2.45) is 5.41 Å². The second kappa shape index (κ2) is 7.28. The predicted molar refractivity (Wildman–Crippen MR) is 91.8 cm³/mol. The molecule has 3 nitrogen and oxygen atoms in total. The summed E-state index contributed by atoms with van der Waals surface area (Å²) >= 11 is 0. The fraction of sp³-hybridized carbons (Fsp3) is 0.632. The molecular weight excluding hydrogens is 272 g/mol. The average Bonchev–Trinajstić information content (AvgIpc) is 2.46. The number of amides is 1. The van der Waals surface area contributed by atoms with Gasteiger partial charge in [-0.05, 0) is 24.3 Å². The minimum absolute atomic E-state index is 0.0782. The lowest BCUT2D eigenvalue weighted by molar-refractivity contribution is -0.135. The van der Waals surface area contributed by atoms with E-state index in [1.807, 2.05) is 4.90 Å². The van der Waals surface area contributed by atoms with E-state index in [4.69, 9.17) is 0 Å². The third-order valence-corrected chi connectivity index (χ3v) is 4.35. The summed E-state index contributed by atoms with van der Waals surface area (Å²) in [5.74, 6) is 0.308. The van der Waals surface area contributed by atoms with Crippen molar-refractivity contribution in [2.75, 3.05) is 26.2 Å². The Hall–Kier alpha value is -1.35. The van der Waals surface area contributed by atoms with Crippen LogP contribution in [0.2, 0.25) is 0 Å². The van der Waals surface area contributed by atoms with E-state index >= 15 is 0 Å². The maximum atomic E-state index is 12.3. The molecule has 1 saturated heterocycles. The van der Waals surface area contributed by atoms with Crippen LogP contribution in [0, 0.1) is 5.41 Å². The van der Waals surface area contributed by atoms with Crippen molar-refractivity contribution in [1.29, 1.82) is 0 Å². The number of carbonyl (C=O) groups excluding carboxylic acids is 1. The Morgan fingerprint density at radius 1 is 1.09 bits per heavy atom. The average molecular weight is 302 g/mol. The third-order valence-electron chi connectivity index (χ3n) is 4.35. The molecule has 0 radical (unpaired) electrons. The monoisotopic (exact) mass is 302 g/mol. The molecule has 1 aliphatic heterocycles. The largest absolute Gasteiger partial charge is 0.340 e. The summed E-state index contributed by atoms with van der Waals surface area (Å²) in [7, 11) is 0. The van der Waals surface area contributed by atoms with Gasteiger partial charge in [-0.25, -0.2) is 0 Å². The molecule has 0 saturated carbocycles. The Morgan fingerprint density at radius 3 is 2.23 bits per heavy atom. The smallest absolute Gasteiger partial charge is 0.223 e. The third kappa shape index (κ3) is 5.13. The first kappa shape index (κ1) is 17.0. The van der Waals surface area contributed by atoms with Crippen LogP contribution in [0.1, 0.15) is 39.7 Å². The van der Waals surface area contributed by atoms with Gasteiger partial charge in [-0.3, -0.25) is 9.69 Å². The summed E-state index contributed by atoms with van der Waals surface area (Å²) in [5.41, 5.74) is 1.47. The summed E-state index contributed by atoms with van der Waals surface area (Å²) < 4.78 is 0. The minimum Gasteiger partial charge on any atom is -0.340 e. The van der Waals surface area contributed by atoms with Crippen molar-refractivity contribution >= 4 is 5.91 Å². The second-order valence-electron chi connectivity index (χ2n) is 7.69. The van der Waals surface area contributed by atoms with Gasteiger partial charge in [-0.1, -0.05) is 51.1 Å². The van der Waals surface area contributed by atoms with Gasteiger partial charge in [0.2, 0.25) is 5.91 Å². The van der Waals surface area contributed by atoms with E-state index in [0.717, 1.165) is 32.6 Å². The topological polar surface area (TPSA) is 23.6 Å². The minimum atomic E-state index is 0.0782. The van der Waals surface area contributed by atoms with Crippen LogP contribution in [0.15, 0.2) is 30.3 Å². The van der Waals surface area contributed by atoms with Gasteiger partial charge in [-0.2, -0.15) is 0 Å². The molecule has 2 rings (SSSR count). The van der Waals surface area contributed by atoms with Crippen LogP contribution in [0.3, 0.4) is 0 Å². The molecule has 1 aliphatic rings. The van der Waals surface area contributed by atoms with Crippen LogP contribution < -0.4 is 0 Å². The first-order valence-electron chi connectivity index (χ1n) is 8.41. The van der Waals surface area contributed by atoms with Crippen molar-refractivity contribution in [3.05, 3.63) is 35.9 Å². The van der Waals surface area contributed by atoms with Crippen LogP contribution in [0.5, 0.6) is 0 Å². The Balaban J connectivity index is 1.80. The molecular formula is C19H30N2O. The van der Waals surface area contributed by atoms with Crippen molar-refractivity contribution in [3.63, 3.8) is 0 Å². The van der Waals surface area contributed by atoms with Gasteiger partial charge in [0.25, 0.3) is 0 Å².